The largest absolute Gasteiger partial charge is 0.491 e. The van der Waals surface area contributed by atoms with Crippen LogP contribution in [0.2, 0.25) is 0 Å². The van der Waals surface area contributed by atoms with E-state index in [2.05, 4.69) is 15.2 Å². The lowest BCUT2D eigenvalue weighted by atomic mass is 10.0. The molecule has 8 nitrogen and oxygen atoms in total. The van der Waals surface area contributed by atoms with Gasteiger partial charge < -0.3 is 15.2 Å². The standard InChI is InChI=1S/C25H26F4N6O2/c1-24(30)7-8-34(14-24)22(25(27,28)29)16-4-6-20-32-33-23(35(20)13-16)21-18(26)11-15-3-5-17(12-19(15)31-21)37-10-9-36-2/h3-6,11-13,22H,7-10,14,30H2,1-2H3/t22-,24?/m1/s1. The van der Waals surface area contributed by atoms with Gasteiger partial charge in [0.2, 0.25) is 0 Å². The number of pyridine rings is 2. The van der Waals surface area contributed by atoms with Gasteiger partial charge >= 0.3 is 6.18 Å². The predicted molar refractivity (Wildman–Crippen MR) is 129 cm³/mol. The Labute approximate surface area is 210 Å². The summed E-state index contributed by atoms with van der Waals surface area (Å²) in [6.07, 6.45) is -2.80. The molecule has 3 aromatic heterocycles. The molecule has 0 radical (unpaired) electrons. The first kappa shape index (κ1) is 25.3. The fourth-order valence-corrected chi connectivity index (χ4v) is 4.69. The van der Waals surface area contributed by atoms with Crippen LogP contribution >= 0.6 is 0 Å². The highest BCUT2D eigenvalue weighted by molar-refractivity contribution is 5.82. The molecular weight excluding hydrogens is 492 g/mol. The third kappa shape index (κ3) is 5.09. The summed E-state index contributed by atoms with van der Waals surface area (Å²) in [5.74, 6) is -0.160. The van der Waals surface area contributed by atoms with Crippen molar-refractivity contribution in [2.75, 3.05) is 33.4 Å². The number of nitrogens with two attached hydrogens (primary N) is 1. The number of rotatable bonds is 7. The Morgan fingerprint density at radius 2 is 1.95 bits per heavy atom. The van der Waals surface area contributed by atoms with Crippen LogP contribution in [-0.2, 0) is 4.74 Å². The molecule has 1 aliphatic heterocycles. The monoisotopic (exact) mass is 518 g/mol. The number of nitrogens with zero attached hydrogens (tertiary/aromatic N) is 5. The van der Waals surface area contributed by atoms with Crippen LogP contribution in [0.25, 0.3) is 28.1 Å². The van der Waals surface area contributed by atoms with Crippen molar-refractivity contribution >= 4 is 16.6 Å². The number of halogens is 4. The molecule has 12 heteroatoms. The molecule has 0 aliphatic carbocycles. The number of likely N-dealkylation sites (tertiary alicyclic amines) is 1. The maximum absolute atomic E-state index is 15.1. The van der Waals surface area contributed by atoms with Crippen molar-refractivity contribution in [3.63, 3.8) is 0 Å². The van der Waals surface area contributed by atoms with Crippen molar-refractivity contribution in [3.8, 4) is 17.3 Å². The molecule has 0 amide bonds. The molecule has 1 aromatic carbocycles. The maximum Gasteiger partial charge on any atom is 0.408 e. The first-order valence-electron chi connectivity index (χ1n) is 11.7. The number of benzene rings is 1. The highest BCUT2D eigenvalue weighted by atomic mass is 19.4. The smallest absolute Gasteiger partial charge is 0.408 e. The van der Waals surface area contributed by atoms with Crippen LogP contribution in [0.3, 0.4) is 0 Å². The van der Waals surface area contributed by atoms with Gasteiger partial charge in [0.15, 0.2) is 17.3 Å². The van der Waals surface area contributed by atoms with E-state index < -0.39 is 23.6 Å². The van der Waals surface area contributed by atoms with Crippen molar-refractivity contribution in [1.82, 2.24) is 24.5 Å². The van der Waals surface area contributed by atoms with Gasteiger partial charge in [-0.2, -0.15) is 13.2 Å². The molecule has 2 N–H and O–H groups in total. The van der Waals surface area contributed by atoms with E-state index in [1.165, 1.54) is 33.7 Å². The van der Waals surface area contributed by atoms with E-state index in [1.807, 2.05) is 0 Å². The zero-order valence-electron chi connectivity index (χ0n) is 20.3. The highest BCUT2D eigenvalue weighted by Crippen LogP contribution is 2.41. The third-order valence-electron chi connectivity index (χ3n) is 6.46. The number of aromatic nitrogens is 4. The normalized spacial score (nSPS) is 19.6. The summed E-state index contributed by atoms with van der Waals surface area (Å²) in [7, 11) is 1.56. The van der Waals surface area contributed by atoms with Crippen LogP contribution in [0.4, 0.5) is 17.6 Å². The van der Waals surface area contributed by atoms with Crippen LogP contribution in [0.1, 0.15) is 24.9 Å². The number of alkyl halides is 3. The molecule has 2 atom stereocenters. The topological polar surface area (TPSA) is 90.8 Å². The molecule has 1 saturated heterocycles. The minimum Gasteiger partial charge on any atom is -0.491 e. The van der Waals surface area contributed by atoms with E-state index in [-0.39, 0.29) is 35.8 Å². The predicted octanol–water partition coefficient (Wildman–Crippen LogP) is 4.14. The summed E-state index contributed by atoms with van der Waals surface area (Å²) >= 11 is 0. The molecule has 0 saturated carbocycles. The van der Waals surface area contributed by atoms with E-state index in [9.17, 15) is 13.2 Å². The van der Waals surface area contributed by atoms with Crippen LogP contribution in [0.15, 0.2) is 42.6 Å². The van der Waals surface area contributed by atoms with Crippen LogP contribution in [-0.4, -0.2) is 69.6 Å². The number of hydrogen-bond donors (Lipinski definition) is 1. The lowest BCUT2D eigenvalue weighted by molar-refractivity contribution is -0.184. The minimum atomic E-state index is -4.55. The van der Waals surface area contributed by atoms with Crippen LogP contribution in [0, 0.1) is 5.82 Å². The Hall–Kier alpha value is -3.35. The second kappa shape index (κ2) is 9.51. The summed E-state index contributed by atoms with van der Waals surface area (Å²) in [6, 6.07) is 7.24. The summed E-state index contributed by atoms with van der Waals surface area (Å²) in [6.45, 7) is 2.77. The average molecular weight is 519 g/mol. The molecule has 4 aromatic rings. The van der Waals surface area contributed by atoms with Crippen molar-refractivity contribution in [2.24, 2.45) is 5.73 Å². The molecule has 1 unspecified atom stereocenters. The quantitative estimate of drug-likeness (QED) is 0.291. The number of fused-ring (bicyclic) bond motifs is 2. The fourth-order valence-electron chi connectivity index (χ4n) is 4.69. The molecule has 196 valence electrons. The van der Waals surface area contributed by atoms with Gasteiger partial charge in [-0.05, 0) is 43.2 Å². The number of hydrogen-bond acceptors (Lipinski definition) is 7. The van der Waals surface area contributed by atoms with Gasteiger partial charge in [0.1, 0.15) is 24.1 Å². The van der Waals surface area contributed by atoms with Gasteiger partial charge in [-0.1, -0.05) is 6.07 Å². The van der Waals surface area contributed by atoms with Gasteiger partial charge in [-0.15, -0.1) is 10.2 Å². The SMILES string of the molecule is COCCOc1ccc2cc(F)c(-c3nnc4ccc([C@@H](N5CCC(C)(N)C5)C(F)(F)F)cn34)nc2c1. The Balaban J connectivity index is 1.56. The molecule has 0 bridgehead atoms. The van der Waals surface area contributed by atoms with Gasteiger partial charge in [-0.3, -0.25) is 9.30 Å². The molecule has 0 spiro atoms. The van der Waals surface area contributed by atoms with E-state index in [1.54, 1.807) is 32.2 Å². The second-order valence-electron chi connectivity index (χ2n) is 9.55. The first-order valence-corrected chi connectivity index (χ1v) is 11.7. The maximum atomic E-state index is 15.1. The summed E-state index contributed by atoms with van der Waals surface area (Å²) < 4.78 is 69.8. The molecule has 1 fully saturated rings. The zero-order chi connectivity index (χ0) is 26.4. The third-order valence-corrected chi connectivity index (χ3v) is 6.46. The van der Waals surface area contributed by atoms with Gasteiger partial charge in [0, 0.05) is 43.4 Å². The van der Waals surface area contributed by atoms with Gasteiger partial charge in [0.05, 0.1) is 12.1 Å². The minimum absolute atomic E-state index is 0.00651. The van der Waals surface area contributed by atoms with Crippen LogP contribution in [0.5, 0.6) is 5.75 Å². The van der Waals surface area contributed by atoms with E-state index in [4.69, 9.17) is 15.2 Å². The molecule has 1 aliphatic rings. The van der Waals surface area contributed by atoms with Crippen molar-refractivity contribution in [3.05, 3.63) is 54.0 Å². The summed E-state index contributed by atoms with van der Waals surface area (Å²) in [5.41, 5.74) is 5.95. The summed E-state index contributed by atoms with van der Waals surface area (Å²) in [4.78, 5) is 5.74. The molecule has 37 heavy (non-hydrogen) atoms. The van der Waals surface area contributed by atoms with Crippen molar-refractivity contribution in [2.45, 2.75) is 31.1 Å². The van der Waals surface area contributed by atoms with E-state index in [0.29, 0.717) is 36.3 Å². The Morgan fingerprint density at radius 1 is 1.14 bits per heavy atom. The first-order chi connectivity index (χ1) is 17.6. The second-order valence-corrected chi connectivity index (χ2v) is 9.55. The number of ether oxygens (including phenoxy) is 2. The summed E-state index contributed by atoms with van der Waals surface area (Å²) in [5, 5.41) is 8.60. The lowest BCUT2D eigenvalue weighted by Crippen LogP contribution is -2.43. The van der Waals surface area contributed by atoms with Crippen molar-refractivity contribution < 1.29 is 27.0 Å². The Bertz CT molecular complexity index is 1440. The molecular formula is C25H26F4N6O2. The Kier molecular flexibility index (Phi) is 6.50. The number of methoxy groups -OCH3 is 1. The fraction of sp³-hybridized carbons (Fsp3) is 0.400. The highest BCUT2D eigenvalue weighted by Gasteiger charge is 2.48. The molecule has 4 heterocycles. The molecule has 5 rings (SSSR count). The Morgan fingerprint density at radius 3 is 2.65 bits per heavy atom. The average Bonchev–Trinajstić information content (AvgIpc) is 3.40. The van der Waals surface area contributed by atoms with Crippen molar-refractivity contribution in [1.29, 1.82) is 0 Å². The van der Waals surface area contributed by atoms with Gasteiger partial charge in [-0.25, -0.2) is 9.37 Å². The van der Waals surface area contributed by atoms with Gasteiger partial charge in [0.25, 0.3) is 0 Å². The zero-order valence-corrected chi connectivity index (χ0v) is 20.3. The van der Waals surface area contributed by atoms with E-state index in [0.717, 1.165) is 0 Å². The van der Waals surface area contributed by atoms with E-state index >= 15 is 4.39 Å². The van der Waals surface area contributed by atoms with Crippen LogP contribution < -0.4 is 10.5 Å². The lowest BCUT2D eigenvalue weighted by Gasteiger charge is -2.31.